The molecule has 3 rings (SSSR count). The second-order valence-corrected chi connectivity index (χ2v) is 6.10. The fourth-order valence-corrected chi connectivity index (χ4v) is 3.48. The van der Waals surface area contributed by atoms with Gasteiger partial charge in [0.1, 0.15) is 0 Å². The first-order valence-corrected chi connectivity index (χ1v) is 7.18. The summed E-state index contributed by atoms with van der Waals surface area (Å²) in [5, 5.41) is 0. The molecule has 2 aliphatic rings. The van der Waals surface area contributed by atoms with E-state index in [9.17, 15) is 4.79 Å². The molecule has 0 N–H and O–H groups in total. The number of hydrogen-bond acceptors (Lipinski definition) is 1. The van der Waals surface area contributed by atoms with E-state index >= 15 is 0 Å². The van der Waals surface area contributed by atoms with Gasteiger partial charge < -0.3 is 4.90 Å². The van der Waals surface area contributed by atoms with Gasteiger partial charge in [-0.2, -0.15) is 0 Å². The highest BCUT2D eigenvalue weighted by molar-refractivity contribution is 9.10. The summed E-state index contributed by atoms with van der Waals surface area (Å²) in [4.78, 5) is 14.1. The Kier molecular flexibility index (Phi) is 2.95. The number of halogens is 1. The van der Waals surface area contributed by atoms with Gasteiger partial charge >= 0.3 is 0 Å². The Morgan fingerprint density at radius 1 is 1.35 bits per heavy atom. The fraction of sp³-hybridized carbons (Fsp3) is 0.500. The number of amides is 1. The van der Waals surface area contributed by atoms with E-state index in [1.165, 1.54) is 11.1 Å². The first-order chi connectivity index (χ1) is 8.25. The zero-order chi connectivity index (χ0) is 11.8. The Bertz CT molecular complexity index is 446. The zero-order valence-corrected chi connectivity index (χ0v) is 11.3. The maximum Gasteiger partial charge on any atom is 0.236 e. The molecule has 2 nitrogen and oxygen atoms in total. The van der Waals surface area contributed by atoms with Crippen molar-refractivity contribution in [2.45, 2.75) is 30.0 Å². The number of fused-ring (bicyclic) bond motifs is 1. The molecule has 17 heavy (non-hydrogen) atoms. The SMILES string of the molecule is O=C1C(Br)CCCN1CC1Cc2ccccc21. The molecule has 1 fully saturated rings. The molecule has 1 heterocycles. The van der Waals surface area contributed by atoms with E-state index in [0.29, 0.717) is 5.92 Å². The third-order valence-corrected chi connectivity index (χ3v) is 4.72. The molecule has 1 aliphatic carbocycles. The molecule has 1 aromatic carbocycles. The van der Waals surface area contributed by atoms with Gasteiger partial charge in [-0.25, -0.2) is 0 Å². The Morgan fingerprint density at radius 3 is 3.00 bits per heavy atom. The molecule has 0 spiro atoms. The van der Waals surface area contributed by atoms with Crippen LogP contribution < -0.4 is 0 Å². The van der Waals surface area contributed by atoms with Crippen LogP contribution in [0.3, 0.4) is 0 Å². The topological polar surface area (TPSA) is 20.3 Å². The van der Waals surface area contributed by atoms with Crippen molar-refractivity contribution < 1.29 is 4.79 Å². The molecule has 1 saturated heterocycles. The van der Waals surface area contributed by atoms with Crippen LogP contribution in [-0.4, -0.2) is 28.7 Å². The van der Waals surface area contributed by atoms with Crippen molar-refractivity contribution in [1.29, 1.82) is 0 Å². The third-order valence-electron chi connectivity index (χ3n) is 3.87. The minimum atomic E-state index is 0.0478. The van der Waals surface area contributed by atoms with Crippen molar-refractivity contribution >= 4 is 21.8 Å². The number of carbonyl (C=O) groups excluding carboxylic acids is 1. The number of hydrogen-bond donors (Lipinski definition) is 0. The highest BCUT2D eigenvalue weighted by Crippen LogP contribution is 2.36. The molecule has 3 heteroatoms. The number of carbonyl (C=O) groups is 1. The molecule has 0 radical (unpaired) electrons. The molecular weight excluding hydrogens is 278 g/mol. The van der Waals surface area contributed by atoms with Gasteiger partial charge in [-0.3, -0.25) is 4.79 Å². The maximum atomic E-state index is 12.0. The molecule has 1 aliphatic heterocycles. The maximum absolute atomic E-state index is 12.0. The average Bonchev–Trinajstić information content (AvgIpc) is 2.31. The number of rotatable bonds is 2. The lowest BCUT2D eigenvalue weighted by molar-refractivity contribution is -0.132. The zero-order valence-electron chi connectivity index (χ0n) is 9.73. The Hall–Kier alpha value is -0.830. The summed E-state index contributed by atoms with van der Waals surface area (Å²) in [5.74, 6) is 0.841. The summed E-state index contributed by atoms with van der Waals surface area (Å²) < 4.78 is 0. The molecule has 1 amide bonds. The van der Waals surface area contributed by atoms with Crippen LogP contribution in [0.1, 0.15) is 29.9 Å². The van der Waals surface area contributed by atoms with Crippen molar-refractivity contribution in [2.24, 2.45) is 0 Å². The molecule has 0 saturated carbocycles. The highest BCUT2D eigenvalue weighted by atomic mass is 79.9. The molecule has 2 unspecified atom stereocenters. The van der Waals surface area contributed by atoms with E-state index < -0.39 is 0 Å². The van der Waals surface area contributed by atoms with Gasteiger partial charge in [0.15, 0.2) is 0 Å². The van der Waals surface area contributed by atoms with Crippen molar-refractivity contribution in [1.82, 2.24) is 4.90 Å². The van der Waals surface area contributed by atoms with E-state index in [0.717, 1.165) is 32.4 Å². The molecular formula is C14H16BrNO. The van der Waals surface area contributed by atoms with Crippen LogP contribution in [0.25, 0.3) is 0 Å². The first-order valence-electron chi connectivity index (χ1n) is 6.26. The number of piperidine rings is 1. The van der Waals surface area contributed by atoms with Gasteiger partial charge in [0.2, 0.25) is 5.91 Å². The van der Waals surface area contributed by atoms with E-state index in [1.807, 2.05) is 4.90 Å². The van der Waals surface area contributed by atoms with E-state index in [1.54, 1.807) is 0 Å². The second kappa shape index (κ2) is 4.45. The predicted octanol–water partition coefficient (Wildman–Crippen LogP) is 2.71. The third kappa shape index (κ3) is 2.01. The lowest BCUT2D eigenvalue weighted by Crippen LogP contribution is -2.45. The summed E-state index contributed by atoms with van der Waals surface area (Å²) in [6, 6.07) is 8.58. The van der Waals surface area contributed by atoms with Gasteiger partial charge in [0.25, 0.3) is 0 Å². The van der Waals surface area contributed by atoms with Crippen LogP contribution in [0.2, 0.25) is 0 Å². The first kappa shape index (κ1) is 11.3. The Morgan fingerprint density at radius 2 is 2.18 bits per heavy atom. The number of benzene rings is 1. The summed E-state index contributed by atoms with van der Waals surface area (Å²) in [7, 11) is 0. The van der Waals surface area contributed by atoms with Crippen LogP contribution in [0.4, 0.5) is 0 Å². The predicted molar refractivity (Wildman–Crippen MR) is 71.4 cm³/mol. The van der Waals surface area contributed by atoms with Crippen molar-refractivity contribution in [3.63, 3.8) is 0 Å². The summed E-state index contributed by atoms with van der Waals surface area (Å²) in [5.41, 5.74) is 2.90. The van der Waals surface area contributed by atoms with Gasteiger partial charge in [-0.15, -0.1) is 0 Å². The standard InChI is InChI=1S/C14H16BrNO/c15-13-6-3-7-16(14(13)17)9-11-8-10-4-1-2-5-12(10)11/h1-2,4-5,11,13H,3,6-9H2. The van der Waals surface area contributed by atoms with Crippen LogP contribution in [0.5, 0.6) is 0 Å². The summed E-state index contributed by atoms with van der Waals surface area (Å²) >= 11 is 3.46. The molecule has 1 aromatic rings. The summed E-state index contributed by atoms with van der Waals surface area (Å²) in [6.45, 7) is 1.83. The largest absolute Gasteiger partial charge is 0.341 e. The van der Waals surface area contributed by atoms with Gasteiger partial charge in [-0.1, -0.05) is 40.2 Å². The highest BCUT2D eigenvalue weighted by Gasteiger charge is 2.32. The van der Waals surface area contributed by atoms with Gasteiger partial charge in [0.05, 0.1) is 4.83 Å². The lowest BCUT2D eigenvalue weighted by atomic mass is 9.77. The van der Waals surface area contributed by atoms with E-state index in [4.69, 9.17) is 0 Å². The number of nitrogens with zero attached hydrogens (tertiary/aromatic N) is 1. The van der Waals surface area contributed by atoms with Crippen LogP contribution in [0, 0.1) is 0 Å². The summed E-state index contributed by atoms with van der Waals surface area (Å²) in [6.07, 6.45) is 3.24. The van der Waals surface area contributed by atoms with Crippen LogP contribution in [0.15, 0.2) is 24.3 Å². The van der Waals surface area contributed by atoms with Crippen LogP contribution >= 0.6 is 15.9 Å². The Labute approximate surface area is 110 Å². The Balaban J connectivity index is 1.68. The minimum absolute atomic E-state index is 0.0478. The average molecular weight is 294 g/mol. The van der Waals surface area contributed by atoms with Crippen molar-refractivity contribution in [3.8, 4) is 0 Å². The van der Waals surface area contributed by atoms with Gasteiger partial charge in [0, 0.05) is 19.0 Å². The molecule has 90 valence electrons. The quantitative estimate of drug-likeness (QED) is 0.768. The number of likely N-dealkylation sites (tertiary alicyclic amines) is 1. The van der Waals surface area contributed by atoms with Crippen molar-refractivity contribution in [3.05, 3.63) is 35.4 Å². The van der Waals surface area contributed by atoms with Crippen LogP contribution in [-0.2, 0) is 11.2 Å². The number of alkyl halides is 1. The second-order valence-electron chi connectivity index (χ2n) is 4.99. The smallest absolute Gasteiger partial charge is 0.236 e. The van der Waals surface area contributed by atoms with Crippen molar-refractivity contribution in [2.75, 3.05) is 13.1 Å². The van der Waals surface area contributed by atoms with E-state index in [-0.39, 0.29) is 10.7 Å². The normalized spacial score (nSPS) is 27.6. The van der Waals surface area contributed by atoms with Gasteiger partial charge in [-0.05, 0) is 30.4 Å². The minimum Gasteiger partial charge on any atom is -0.341 e. The molecule has 0 bridgehead atoms. The van der Waals surface area contributed by atoms with E-state index in [2.05, 4.69) is 40.2 Å². The lowest BCUT2D eigenvalue weighted by Gasteiger charge is -2.37. The fourth-order valence-electron chi connectivity index (χ4n) is 2.87. The molecule has 2 atom stereocenters. The molecule has 0 aromatic heterocycles. The monoisotopic (exact) mass is 293 g/mol.